The Balaban J connectivity index is 2.03. The summed E-state index contributed by atoms with van der Waals surface area (Å²) in [6.07, 6.45) is 0. The second-order valence-corrected chi connectivity index (χ2v) is 8.35. The van der Waals surface area contributed by atoms with Crippen molar-refractivity contribution < 1.29 is 22.6 Å². The van der Waals surface area contributed by atoms with E-state index in [1.807, 2.05) is 0 Å². The zero-order valence-electron chi connectivity index (χ0n) is 15.8. The van der Waals surface area contributed by atoms with Crippen LogP contribution in [0.15, 0.2) is 53.4 Å². The largest absolute Gasteiger partial charge is 0.399 e. The number of fused-ring (bicyclic) bond motifs is 2. The van der Waals surface area contributed by atoms with E-state index in [1.165, 1.54) is 12.1 Å². The van der Waals surface area contributed by atoms with Crippen molar-refractivity contribution in [1.82, 2.24) is 0 Å². The van der Waals surface area contributed by atoms with Gasteiger partial charge in [0.15, 0.2) is 11.6 Å². The van der Waals surface area contributed by atoms with Crippen LogP contribution >= 0.6 is 0 Å². The number of hydrogen-bond donors (Lipinski definition) is 4. The van der Waals surface area contributed by atoms with Crippen molar-refractivity contribution in [3.05, 3.63) is 76.3 Å². The monoisotopic (exact) mass is 423 g/mol. The van der Waals surface area contributed by atoms with Crippen LogP contribution in [0.4, 0.5) is 22.7 Å². The first kappa shape index (κ1) is 19.6. The minimum absolute atomic E-state index is 0.0348. The molecule has 0 saturated carbocycles. The summed E-state index contributed by atoms with van der Waals surface area (Å²) in [5.74, 6) is -1.08. The molecule has 30 heavy (non-hydrogen) atoms. The fourth-order valence-corrected chi connectivity index (χ4v) is 4.22. The lowest BCUT2D eigenvalue weighted by Crippen LogP contribution is -2.25. The highest BCUT2D eigenvalue weighted by molar-refractivity contribution is 7.86. The molecule has 0 atom stereocenters. The summed E-state index contributed by atoms with van der Waals surface area (Å²) in [6.45, 7) is 1.77. The molecule has 0 fully saturated rings. The van der Waals surface area contributed by atoms with Gasteiger partial charge in [0.1, 0.15) is 4.90 Å². The van der Waals surface area contributed by atoms with E-state index in [4.69, 9.17) is 11.5 Å². The minimum atomic E-state index is -4.77. The Kier molecular flexibility index (Phi) is 4.37. The van der Waals surface area contributed by atoms with Crippen LogP contribution < -0.4 is 16.8 Å². The van der Waals surface area contributed by atoms with E-state index in [0.29, 0.717) is 11.4 Å². The fraction of sp³-hybridized carbons (Fsp3) is 0.0476. The SMILES string of the molecule is Cc1cc(N)ccc1Nc1cc(S(=O)(=O)O)c(N)c2c1C(=O)c1ccccc1C2=O. The lowest BCUT2D eigenvalue weighted by molar-refractivity contribution is 0.0980. The Morgan fingerprint density at radius 1 is 0.867 bits per heavy atom. The molecule has 3 aromatic rings. The van der Waals surface area contributed by atoms with Gasteiger partial charge in [0.05, 0.1) is 22.5 Å². The van der Waals surface area contributed by atoms with Crippen molar-refractivity contribution in [1.29, 1.82) is 0 Å². The van der Waals surface area contributed by atoms with Crippen molar-refractivity contribution >= 4 is 44.4 Å². The molecular weight excluding hydrogens is 406 g/mol. The molecule has 0 radical (unpaired) electrons. The Hall–Kier alpha value is -3.69. The molecule has 1 aliphatic carbocycles. The molecule has 0 aromatic heterocycles. The van der Waals surface area contributed by atoms with Crippen LogP contribution in [0.25, 0.3) is 0 Å². The molecule has 9 heteroatoms. The number of ketones is 2. The van der Waals surface area contributed by atoms with Gasteiger partial charge in [-0.3, -0.25) is 14.1 Å². The number of carbonyl (C=O) groups excluding carboxylic acids is 2. The summed E-state index contributed by atoms with van der Waals surface area (Å²) >= 11 is 0. The fourth-order valence-electron chi connectivity index (χ4n) is 3.58. The van der Waals surface area contributed by atoms with Crippen LogP contribution in [0.2, 0.25) is 0 Å². The number of rotatable bonds is 3. The van der Waals surface area contributed by atoms with Gasteiger partial charge >= 0.3 is 0 Å². The average Bonchev–Trinajstić information content (AvgIpc) is 2.68. The number of anilines is 4. The molecular formula is C21H17N3O5S. The van der Waals surface area contributed by atoms with E-state index in [9.17, 15) is 22.6 Å². The number of nitrogens with two attached hydrogens (primary N) is 2. The van der Waals surface area contributed by atoms with Crippen LogP contribution in [0.1, 0.15) is 37.4 Å². The van der Waals surface area contributed by atoms with Gasteiger partial charge in [-0.15, -0.1) is 0 Å². The third kappa shape index (κ3) is 3.00. The highest BCUT2D eigenvalue weighted by Gasteiger charge is 2.36. The molecule has 0 bridgehead atoms. The Morgan fingerprint density at radius 3 is 2.03 bits per heavy atom. The van der Waals surface area contributed by atoms with Crippen molar-refractivity contribution in [3.8, 4) is 0 Å². The topological polar surface area (TPSA) is 153 Å². The molecule has 0 heterocycles. The van der Waals surface area contributed by atoms with E-state index in [1.54, 1.807) is 37.3 Å². The van der Waals surface area contributed by atoms with Gasteiger partial charge in [-0.25, -0.2) is 0 Å². The quantitative estimate of drug-likeness (QED) is 0.290. The number of aryl methyl sites for hydroxylation is 1. The van der Waals surface area contributed by atoms with E-state index in [2.05, 4.69) is 5.32 Å². The summed E-state index contributed by atoms with van der Waals surface area (Å²) < 4.78 is 33.5. The zero-order chi connectivity index (χ0) is 21.8. The molecule has 6 N–H and O–H groups in total. The summed E-state index contributed by atoms with van der Waals surface area (Å²) in [6, 6.07) is 12.2. The number of hydrogen-bond acceptors (Lipinski definition) is 7. The third-order valence-electron chi connectivity index (χ3n) is 5.00. The summed E-state index contributed by atoms with van der Waals surface area (Å²) in [7, 11) is -4.77. The minimum Gasteiger partial charge on any atom is -0.399 e. The van der Waals surface area contributed by atoms with Crippen LogP contribution in [-0.2, 0) is 10.1 Å². The smallest absolute Gasteiger partial charge is 0.296 e. The lowest BCUT2D eigenvalue weighted by atomic mass is 9.82. The first-order chi connectivity index (χ1) is 14.1. The highest BCUT2D eigenvalue weighted by Crippen LogP contribution is 2.40. The highest BCUT2D eigenvalue weighted by atomic mass is 32.2. The maximum Gasteiger partial charge on any atom is 0.296 e. The lowest BCUT2D eigenvalue weighted by Gasteiger charge is -2.24. The van der Waals surface area contributed by atoms with Crippen molar-refractivity contribution in [2.45, 2.75) is 11.8 Å². The van der Waals surface area contributed by atoms with Gasteiger partial charge in [-0.2, -0.15) is 8.42 Å². The van der Waals surface area contributed by atoms with Crippen LogP contribution in [-0.4, -0.2) is 24.5 Å². The van der Waals surface area contributed by atoms with Crippen LogP contribution in [0.5, 0.6) is 0 Å². The van der Waals surface area contributed by atoms with Gasteiger partial charge in [-0.05, 0) is 36.8 Å². The first-order valence-electron chi connectivity index (χ1n) is 8.85. The van der Waals surface area contributed by atoms with Crippen LogP contribution in [0, 0.1) is 6.92 Å². The van der Waals surface area contributed by atoms with E-state index >= 15 is 0 Å². The first-order valence-corrected chi connectivity index (χ1v) is 10.3. The van der Waals surface area contributed by atoms with E-state index in [0.717, 1.165) is 11.6 Å². The number of benzene rings is 3. The van der Waals surface area contributed by atoms with Crippen molar-refractivity contribution in [2.75, 3.05) is 16.8 Å². The van der Waals surface area contributed by atoms with E-state index < -0.39 is 32.3 Å². The summed E-state index contributed by atoms with van der Waals surface area (Å²) in [5.41, 5.74) is 13.1. The Morgan fingerprint density at radius 2 is 1.47 bits per heavy atom. The zero-order valence-corrected chi connectivity index (χ0v) is 16.6. The molecule has 152 valence electrons. The molecule has 0 unspecified atom stereocenters. The predicted molar refractivity (Wildman–Crippen MR) is 113 cm³/mol. The van der Waals surface area contributed by atoms with Gasteiger partial charge in [-0.1, -0.05) is 24.3 Å². The molecule has 4 rings (SSSR count). The number of carbonyl (C=O) groups is 2. The van der Waals surface area contributed by atoms with Crippen LogP contribution in [0.3, 0.4) is 0 Å². The Labute approximate surface area is 172 Å². The third-order valence-corrected chi connectivity index (χ3v) is 5.89. The molecule has 0 saturated heterocycles. The molecule has 3 aromatic carbocycles. The molecule has 0 spiro atoms. The van der Waals surface area contributed by atoms with Gasteiger partial charge in [0, 0.05) is 22.5 Å². The Bertz CT molecular complexity index is 1360. The van der Waals surface area contributed by atoms with Crippen molar-refractivity contribution in [3.63, 3.8) is 0 Å². The standard InChI is InChI=1S/C21H17N3O5S/c1-10-8-11(22)6-7-14(10)24-15-9-16(30(27,28)29)19(23)18-17(15)20(25)12-4-2-3-5-13(12)21(18)26/h2-9,24H,22-23H2,1H3,(H,27,28,29). The second-order valence-electron chi connectivity index (χ2n) is 6.96. The predicted octanol–water partition coefficient (Wildman–Crippen LogP) is 2.93. The number of nitrogen functional groups attached to an aromatic ring is 2. The second kappa shape index (κ2) is 6.68. The van der Waals surface area contributed by atoms with Crippen molar-refractivity contribution in [2.24, 2.45) is 0 Å². The molecule has 0 aliphatic heterocycles. The normalized spacial score (nSPS) is 13.0. The van der Waals surface area contributed by atoms with Gasteiger partial charge in [0.25, 0.3) is 10.1 Å². The average molecular weight is 423 g/mol. The van der Waals surface area contributed by atoms with Gasteiger partial charge in [0.2, 0.25) is 0 Å². The molecule has 1 aliphatic rings. The van der Waals surface area contributed by atoms with E-state index in [-0.39, 0.29) is 27.9 Å². The molecule has 0 amide bonds. The maximum atomic E-state index is 13.2. The number of nitrogens with one attached hydrogen (secondary N) is 1. The molecule has 8 nitrogen and oxygen atoms in total. The summed E-state index contributed by atoms with van der Waals surface area (Å²) in [4.78, 5) is 25.7. The summed E-state index contributed by atoms with van der Waals surface area (Å²) in [5, 5.41) is 2.99. The van der Waals surface area contributed by atoms with Gasteiger partial charge < -0.3 is 16.8 Å². The maximum absolute atomic E-state index is 13.2.